The fourth-order valence-corrected chi connectivity index (χ4v) is 3.75. The summed E-state index contributed by atoms with van der Waals surface area (Å²) in [6.07, 6.45) is 5.76. The highest BCUT2D eigenvalue weighted by Crippen LogP contribution is 2.31. The number of para-hydroxylation sites is 1. The van der Waals surface area contributed by atoms with Crippen LogP contribution in [-0.2, 0) is 0 Å². The summed E-state index contributed by atoms with van der Waals surface area (Å²) in [7, 11) is 0. The zero-order chi connectivity index (χ0) is 17.4. The fourth-order valence-electron chi connectivity index (χ4n) is 3.57. The van der Waals surface area contributed by atoms with Crippen LogP contribution in [0.2, 0.25) is 5.02 Å². The first-order chi connectivity index (χ1) is 12.0. The molecular weight excluding hydrogens is 336 g/mol. The van der Waals surface area contributed by atoms with E-state index >= 15 is 0 Å². The number of anilines is 1. The van der Waals surface area contributed by atoms with Crippen molar-refractivity contribution in [3.8, 4) is 11.4 Å². The topological polar surface area (TPSA) is 92.5 Å². The number of aromatic amines is 1. The maximum absolute atomic E-state index is 6.35. The highest BCUT2D eigenvalue weighted by atomic mass is 35.5. The van der Waals surface area contributed by atoms with Crippen LogP contribution >= 0.6 is 11.6 Å². The van der Waals surface area contributed by atoms with E-state index in [0.717, 1.165) is 42.3 Å². The summed E-state index contributed by atoms with van der Waals surface area (Å²) in [6.45, 7) is 2.10. The number of H-pyrrole nitrogens is 1. The number of nitrogens with zero attached hydrogens (tertiary/aromatic N) is 3. The molecule has 6 nitrogen and oxygen atoms in total. The predicted molar refractivity (Wildman–Crippen MR) is 101 cm³/mol. The second-order valence-corrected chi connectivity index (χ2v) is 7.51. The maximum Gasteiger partial charge on any atom is 0.223 e. The molecule has 0 bridgehead atoms. The van der Waals surface area contributed by atoms with Crippen molar-refractivity contribution in [1.29, 1.82) is 0 Å². The molecule has 2 atom stereocenters. The average molecular weight is 357 g/mol. The highest BCUT2D eigenvalue weighted by Gasteiger charge is 2.29. The molecule has 3 aromatic rings. The Morgan fingerprint density at radius 2 is 2.16 bits per heavy atom. The molecule has 25 heavy (non-hydrogen) atoms. The van der Waals surface area contributed by atoms with E-state index in [1.165, 1.54) is 0 Å². The van der Waals surface area contributed by atoms with Gasteiger partial charge in [0.15, 0.2) is 0 Å². The molecule has 1 aliphatic carbocycles. The summed E-state index contributed by atoms with van der Waals surface area (Å²) in [5.74, 6) is 0.564. The van der Waals surface area contributed by atoms with Gasteiger partial charge >= 0.3 is 0 Å². The molecule has 2 heterocycles. The normalized spacial score (nSPS) is 23.7. The maximum atomic E-state index is 6.35. The number of benzene rings is 1. The van der Waals surface area contributed by atoms with Crippen molar-refractivity contribution in [3.63, 3.8) is 0 Å². The second-order valence-electron chi connectivity index (χ2n) is 7.10. The Kier molecular flexibility index (Phi) is 4.09. The molecule has 2 aromatic heterocycles. The minimum Gasteiger partial charge on any atom is -0.351 e. The van der Waals surface area contributed by atoms with Crippen LogP contribution < -0.4 is 11.1 Å². The number of rotatable bonds is 3. The van der Waals surface area contributed by atoms with Gasteiger partial charge < -0.3 is 11.1 Å². The third-order valence-corrected chi connectivity index (χ3v) is 5.06. The molecule has 130 valence electrons. The monoisotopic (exact) mass is 356 g/mol. The number of nitrogens with one attached hydrogen (secondary N) is 2. The lowest BCUT2D eigenvalue weighted by molar-refractivity contribution is 0.302. The van der Waals surface area contributed by atoms with Gasteiger partial charge in [0.05, 0.1) is 16.7 Å². The number of fused-ring (bicyclic) bond motifs is 1. The number of hydrogen-bond acceptors (Lipinski definition) is 5. The molecule has 4 rings (SSSR count). The summed E-state index contributed by atoms with van der Waals surface area (Å²) in [5, 5.41) is 12.3. The van der Waals surface area contributed by atoms with Gasteiger partial charge in [0.2, 0.25) is 5.95 Å². The predicted octanol–water partition coefficient (Wildman–Crippen LogP) is 3.75. The van der Waals surface area contributed by atoms with Crippen LogP contribution in [0.3, 0.4) is 0 Å². The minimum atomic E-state index is -0.135. The van der Waals surface area contributed by atoms with E-state index in [1.807, 2.05) is 24.3 Å². The number of hydrogen-bond donors (Lipinski definition) is 3. The first-order valence-electron chi connectivity index (χ1n) is 8.53. The minimum absolute atomic E-state index is 0.135. The SMILES string of the molecule is C[C@]1(N)CCC[C@@H](Nc2ncc(Cl)c(-c3n[nH]c4ccccc34)n2)C1. The Bertz CT molecular complexity index is 903. The smallest absolute Gasteiger partial charge is 0.223 e. The molecule has 0 unspecified atom stereocenters. The number of aromatic nitrogens is 4. The lowest BCUT2D eigenvalue weighted by atomic mass is 9.81. The van der Waals surface area contributed by atoms with Crippen molar-refractivity contribution >= 4 is 28.5 Å². The van der Waals surface area contributed by atoms with Crippen LogP contribution in [0, 0.1) is 0 Å². The molecule has 0 aliphatic heterocycles. The van der Waals surface area contributed by atoms with Gasteiger partial charge in [-0.3, -0.25) is 5.10 Å². The lowest BCUT2D eigenvalue weighted by Gasteiger charge is -2.35. The van der Waals surface area contributed by atoms with Crippen molar-refractivity contribution in [1.82, 2.24) is 20.2 Å². The van der Waals surface area contributed by atoms with Crippen molar-refractivity contribution in [3.05, 3.63) is 35.5 Å². The number of nitrogens with two attached hydrogens (primary N) is 1. The van der Waals surface area contributed by atoms with Gasteiger partial charge in [-0.05, 0) is 38.7 Å². The Hall–Kier alpha value is -2.18. The summed E-state index contributed by atoms with van der Waals surface area (Å²) in [4.78, 5) is 8.97. The van der Waals surface area contributed by atoms with Gasteiger partial charge in [-0.25, -0.2) is 9.97 Å². The van der Waals surface area contributed by atoms with Crippen molar-refractivity contribution in [2.45, 2.75) is 44.2 Å². The van der Waals surface area contributed by atoms with Crippen LogP contribution in [0.5, 0.6) is 0 Å². The quantitative estimate of drug-likeness (QED) is 0.664. The van der Waals surface area contributed by atoms with Crippen LogP contribution in [0.4, 0.5) is 5.95 Å². The lowest BCUT2D eigenvalue weighted by Crippen LogP contribution is -2.45. The van der Waals surface area contributed by atoms with Gasteiger partial charge in [-0.1, -0.05) is 29.8 Å². The van der Waals surface area contributed by atoms with Gasteiger partial charge in [-0.2, -0.15) is 5.10 Å². The molecule has 1 aromatic carbocycles. The van der Waals surface area contributed by atoms with Crippen LogP contribution in [0.25, 0.3) is 22.3 Å². The summed E-state index contributed by atoms with van der Waals surface area (Å²) in [5.41, 5.74) is 8.48. The number of halogens is 1. The van der Waals surface area contributed by atoms with E-state index < -0.39 is 0 Å². The molecule has 1 aliphatic rings. The highest BCUT2D eigenvalue weighted by molar-refractivity contribution is 6.33. The molecule has 4 N–H and O–H groups in total. The van der Waals surface area contributed by atoms with Gasteiger partial charge in [0.25, 0.3) is 0 Å². The summed E-state index contributed by atoms with van der Waals surface area (Å²) >= 11 is 6.35. The summed E-state index contributed by atoms with van der Waals surface area (Å²) < 4.78 is 0. The largest absolute Gasteiger partial charge is 0.351 e. The van der Waals surface area contributed by atoms with E-state index in [2.05, 4.69) is 32.4 Å². The van der Waals surface area contributed by atoms with E-state index in [-0.39, 0.29) is 11.6 Å². The molecule has 0 spiro atoms. The van der Waals surface area contributed by atoms with Gasteiger partial charge in [0, 0.05) is 17.0 Å². The van der Waals surface area contributed by atoms with Crippen molar-refractivity contribution in [2.75, 3.05) is 5.32 Å². The molecule has 0 amide bonds. The summed E-state index contributed by atoms with van der Waals surface area (Å²) in [6, 6.07) is 8.19. The van der Waals surface area contributed by atoms with Crippen LogP contribution in [0.15, 0.2) is 30.5 Å². The zero-order valence-electron chi connectivity index (χ0n) is 14.1. The zero-order valence-corrected chi connectivity index (χ0v) is 14.8. The third kappa shape index (κ3) is 3.32. The fraction of sp³-hybridized carbons (Fsp3) is 0.389. The molecule has 7 heteroatoms. The van der Waals surface area contributed by atoms with Crippen molar-refractivity contribution in [2.24, 2.45) is 5.73 Å². The molecule has 1 fully saturated rings. The van der Waals surface area contributed by atoms with Crippen LogP contribution in [0.1, 0.15) is 32.6 Å². The Morgan fingerprint density at radius 3 is 3.00 bits per heavy atom. The van der Waals surface area contributed by atoms with E-state index in [0.29, 0.717) is 16.7 Å². The Labute approximate surface area is 151 Å². The van der Waals surface area contributed by atoms with E-state index in [9.17, 15) is 0 Å². The molecule has 0 radical (unpaired) electrons. The van der Waals surface area contributed by atoms with E-state index in [1.54, 1.807) is 6.20 Å². The van der Waals surface area contributed by atoms with E-state index in [4.69, 9.17) is 17.3 Å². The standard InChI is InChI=1S/C18H21ClN6/c1-18(20)8-4-5-11(9-18)22-17-21-10-13(19)16(23-17)15-12-6-2-3-7-14(12)24-25-15/h2-3,6-7,10-11H,4-5,8-9,20H2,1H3,(H,24,25)(H,21,22,23)/t11-,18+/m1/s1. The Morgan fingerprint density at radius 1 is 1.32 bits per heavy atom. The molecular formula is C18H21ClN6. The Balaban J connectivity index is 1.65. The van der Waals surface area contributed by atoms with Crippen molar-refractivity contribution < 1.29 is 0 Å². The molecule has 1 saturated carbocycles. The van der Waals surface area contributed by atoms with Gasteiger partial charge in [0.1, 0.15) is 11.4 Å². The molecule has 0 saturated heterocycles. The van der Waals surface area contributed by atoms with Gasteiger partial charge in [-0.15, -0.1) is 0 Å². The van der Waals surface area contributed by atoms with Crippen LogP contribution in [-0.4, -0.2) is 31.7 Å². The average Bonchev–Trinajstić information content (AvgIpc) is 3.00. The first kappa shape index (κ1) is 16.3. The third-order valence-electron chi connectivity index (χ3n) is 4.79. The second kappa shape index (κ2) is 6.28. The first-order valence-corrected chi connectivity index (χ1v) is 8.91.